The number of carbonyl (C=O) groups is 2. The Morgan fingerprint density at radius 3 is 2.82 bits per heavy atom. The molecule has 11 heteroatoms. The van der Waals surface area contributed by atoms with E-state index in [1.54, 1.807) is 23.5 Å². The average Bonchev–Trinajstić information content (AvgIpc) is 3.40. The Bertz CT molecular complexity index is 974. The minimum Gasteiger partial charge on any atom is -0.352 e. The Labute approximate surface area is 161 Å². The zero-order chi connectivity index (χ0) is 19.7. The molecule has 0 bridgehead atoms. The summed E-state index contributed by atoms with van der Waals surface area (Å²) < 4.78 is 24.8. The van der Waals surface area contributed by atoms with Gasteiger partial charge >= 0.3 is 0 Å². The van der Waals surface area contributed by atoms with Crippen molar-refractivity contribution in [3.8, 4) is 5.82 Å². The van der Waals surface area contributed by atoms with E-state index in [4.69, 9.17) is 0 Å². The van der Waals surface area contributed by atoms with Crippen LogP contribution in [0.15, 0.2) is 31.0 Å². The topological polar surface area (TPSA) is 127 Å². The van der Waals surface area contributed by atoms with E-state index in [-0.39, 0.29) is 42.3 Å². The minimum absolute atomic E-state index is 0.00311. The fourth-order valence-electron chi connectivity index (χ4n) is 3.60. The van der Waals surface area contributed by atoms with Gasteiger partial charge in [0.1, 0.15) is 12.7 Å². The molecule has 0 saturated carbocycles. The molecule has 2 amide bonds. The highest BCUT2D eigenvalue weighted by Gasteiger charge is 2.41. The summed E-state index contributed by atoms with van der Waals surface area (Å²) in [5.74, 6) is -0.0975. The molecule has 10 nitrogen and oxygen atoms in total. The van der Waals surface area contributed by atoms with Gasteiger partial charge in [0.25, 0.3) is 0 Å². The van der Waals surface area contributed by atoms with Crippen molar-refractivity contribution >= 4 is 21.7 Å². The normalized spacial score (nSPS) is 23.9. The zero-order valence-corrected chi connectivity index (χ0v) is 15.9. The Morgan fingerprint density at radius 2 is 2.18 bits per heavy atom. The van der Waals surface area contributed by atoms with Crippen molar-refractivity contribution in [2.45, 2.75) is 25.4 Å². The predicted molar refractivity (Wildman–Crippen MR) is 97.9 cm³/mol. The molecule has 2 atom stereocenters. The molecule has 0 radical (unpaired) electrons. The summed E-state index contributed by atoms with van der Waals surface area (Å²) in [5.41, 5.74) is 0.820. The van der Waals surface area contributed by atoms with Crippen LogP contribution in [0.1, 0.15) is 18.4 Å². The number of nitrogens with one attached hydrogen (secondary N) is 1. The second-order valence-corrected chi connectivity index (χ2v) is 9.32. The number of hydrogen-bond donors (Lipinski definition) is 1. The van der Waals surface area contributed by atoms with Crippen molar-refractivity contribution in [1.29, 1.82) is 0 Å². The van der Waals surface area contributed by atoms with E-state index < -0.39 is 15.8 Å². The number of carbonyl (C=O) groups excluding carboxylic acids is 2. The molecule has 2 aliphatic rings. The quantitative estimate of drug-likeness (QED) is 0.699. The third-order valence-corrected chi connectivity index (χ3v) is 6.86. The lowest BCUT2D eigenvalue weighted by Gasteiger charge is -2.22. The van der Waals surface area contributed by atoms with Gasteiger partial charge in [0.15, 0.2) is 15.7 Å². The summed E-state index contributed by atoms with van der Waals surface area (Å²) in [7, 11) is -3.07. The highest BCUT2D eigenvalue weighted by atomic mass is 32.2. The number of amides is 2. The van der Waals surface area contributed by atoms with Crippen molar-refractivity contribution in [2.24, 2.45) is 5.92 Å². The number of sulfone groups is 1. The van der Waals surface area contributed by atoms with Crippen molar-refractivity contribution in [2.75, 3.05) is 18.1 Å². The van der Waals surface area contributed by atoms with Gasteiger partial charge in [-0.1, -0.05) is 6.07 Å². The van der Waals surface area contributed by atoms with Crippen LogP contribution in [0.2, 0.25) is 0 Å². The molecule has 4 rings (SSSR count). The molecule has 0 aliphatic carbocycles. The van der Waals surface area contributed by atoms with Gasteiger partial charge in [-0.05, 0) is 18.1 Å². The van der Waals surface area contributed by atoms with Gasteiger partial charge in [-0.15, -0.1) is 0 Å². The second-order valence-electron chi connectivity index (χ2n) is 7.09. The van der Waals surface area contributed by atoms with E-state index >= 15 is 0 Å². The molecule has 28 heavy (non-hydrogen) atoms. The third kappa shape index (κ3) is 3.88. The van der Waals surface area contributed by atoms with E-state index in [9.17, 15) is 18.0 Å². The minimum atomic E-state index is -3.07. The lowest BCUT2D eigenvalue weighted by atomic mass is 10.1. The monoisotopic (exact) mass is 404 g/mol. The van der Waals surface area contributed by atoms with Crippen molar-refractivity contribution < 1.29 is 18.0 Å². The van der Waals surface area contributed by atoms with Gasteiger partial charge in [-0.3, -0.25) is 9.59 Å². The first kappa shape index (κ1) is 18.5. The van der Waals surface area contributed by atoms with Crippen LogP contribution >= 0.6 is 0 Å². The van der Waals surface area contributed by atoms with Crippen LogP contribution in [0.25, 0.3) is 5.82 Å². The fourth-order valence-corrected chi connectivity index (χ4v) is 5.33. The van der Waals surface area contributed by atoms with Crippen LogP contribution in [0.4, 0.5) is 0 Å². The third-order valence-electron chi connectivity index (χ3n) is 5.11. The molecule has 2 aromatic rings. The molecule has 2 saturated heterocycles. The van der Waals surface area contributed by atoms with E-state index in [0.717, 1.165) is 5.56 Å². The summed E-state index contributed by atoms with van der Waals surface area (Å²) >= 11 is 0. The van der Waals surface area contributed by atoms with Crippen molar-refractivity contribution in [1.82, 2.24) is 30.0 Å². The molecule has 0 aromatic carbocycles. The molecule has 2 aliphatic heterocycles. The number of aromatic nitrogens is 4. The first-order chi connectivity index (χ1) is 13.4. The highest BCUT2D eigenvalue weighted by Crippen LogP contribution is 2.26. The summed E-state index contributed by atoms with van der Waals surface area (Å²) in [4.78, 5) is 34.4. The molecule has 2 fully saturated rings. The Balaban J connectivity index is 1.31. The molecule has 0 unspecified atom stereocenters. The molecule has 148 valence electrons. The standard InChI is InChI=1S/C17H20N6O4S/c24-16-5-13(8-22(16)14-3-4-28(26,27)9-14)17(25)20-7-12-1-2-15(19-6-12)23-11-18-10-21-23/h1-2,6,10-11,13-14H,3-5,7-9H2,(H,20,25)/t13-,14-/m1/s1. The Morgan fingerprint density at radius 1 is 1.32 bits per heavy atom. The van der Waals surface area contributed by atoms with Gasteiger partial charge in [0.2, 0.25) is 11.8 Å². The van der Waals surface area contributed by atoms with Gasteiger partial charge in [0, 0.05) is 31.7 Å². The molecule has 1 N–H and O–H groups in total. The largest absolute Gasteiger partial charge is 0.352 e. The van der Waals surface area contributed by atoms with E-state index in [0.29, 0.717) is 18.8 Å². The number of hydrogen-bond acceptors (Lipinski definition) is 7. The molecular formula is C17H20N6O4S. The number of rotatable bonds is 5. The summed E-state index contributed by atoms with van der Waals surface area (Å²) in [6.07, 6.45) is 5.18. The van der Waals surface area contributed by atoms with Crippen LogP contribution in [-0.2, 0) is 26.0 Å². The molecule has 0 spiro atoms. The maximum atomic E-state index is 12.5. The lowest BCUT2D eigenvalue weighted by Crippen LogP contribution is -2.39. The summed E-state index contributed by atoms with van der Waals surface area (Å²) in [5, 5.41) is 6.83. The van der Waals surface area contributed by atoms with Crippen LogP contribution < -0.4 is 5.32 Å². The average molecular weight is 404 g/mol. The van der Waals surface area contributed by atoms with Crippen molar-refractivity contribution in [3.05, 3.63) is 36.5 Å². The Kier molecular flexibility index (Phi) is 4.84. The molecular weight excluding hydrogens is 384 g/mol. The Hall–Kier alpha value is -2.82. The van der Waals surface area contributed by atoms with Crippen LogP contribution in [0.3, 0.4) is 0 Å². The molecule has 4 heterocycles. The van der Waals surface area contributed by atoms with E-state index in [1.807, 2.05) is 6.07 Å². The zero-order valence-electron chi connectivity index (χ0n) is 15.1. The maximum absolute atomic E-state index is 12.5. The fraction of sp³-hybridized carbons (Fsp3) is 0.471. The molecule has 2 aromatic heterocycles. The van der Waals surface area contributed by atoms with Crippen molar-refractivity contribution in [3.63, 3.8) is 0 Å². The highest BCUT2D eigenvalue weighted by molar-refractivity contribution is 7.91. The second kappa shape index (κ2) is 7.30. The SMILES string of the molecule is O=C(NCc1ccc(-n2cncn2)nc1)[C@@H]1CC(=O)N([C@@H]2CCS(=O)(=O)C2)C1. The first-order valence-corrected chi connectivity index (χ1v) is 10.8. The lowest BCUT2D eigenvalue weighted by molar-refractivity contribution is -0.130. The van der Waals surface area contributed by atoms with Gasteiger partial charge in [-0.25, -0.2) is 23.1 Å². The number of nitrogens with zero attached hydrogens (tertiary/aromatic N) is 5. The summed E-state index contributed by atoms with van der Waals surface area (Å²) in [6.45, 7) is 0.570. The summed E-state index contributed by atoms with van der Waals surface area (Å²) in [6, 6.07) is 3.31. The van der Waals surface area contributed by atoms with Gasteiger partial charge in [0.05, 0.1) is 17.4 Å². The number of pyridine rings is 1. The number of likely N-dealkylation sites (tertiary alicyclic amines) is 1. The van der Waals surface area contributed by atoms with Gasteiger partial charge < -0.3 is 10.2 Å². The van der Waals surface area contributed by atoms with Crippen LogP contribution in [-0.4, -0.2) is 69.0 Å². The predicted octanol–water partition coefficient (Wildman–Crippen LogP) is -0.686. The smallest absolute Gasteiger partial charge is 0.225 e. The van der Waals surface area contributed by atoms with E-state index in [1.165, 1.54) is 11.0 Å². The van der Waals surface area contributed by atoms with Crippen LogP contribution in [0.5, 0.6) is 0 Å². The first-order valence-electron chi connectivity index (χ1n) is 8.99. The van der Waals surface area contributed by atoms with Gasteiger partial charge in [-0.2, -0.15) is 5.10 Å². The van der Waals surface area contributed by atoms with E-state index in [2.05, 4.69) is 20.4 Å². The van der Waals surface area contributed by atoms with Crippen LogP contribution in [0, 0.1) is 5.92 Å². The maximum Gasteiger partial charge on any atom is 0.225 e.